The van der Waals surface area contributed by atoms with Gasteiger partial charge in [0.05, 0.1) is 0 Å². The van der Waals surface area contributed by atoms with Crippen molar-refractivity contribution in [2.45, 2.75) is 38.3 Å². The van der Waals surface area contributed by atoms with E-state index in [0.29, 0.717) is 12.8 Å². The summed E-state index contributed by atoms with van der Waals surface area (Å²) in [5.41, 5.74) is 5.56. The molecule has 0 saturated heterocycles. The number of nitrogens with one attached hydrogen (secondary N) is 1. The molecule has 0 radical (unpaired) electrons. The zero-order chi connectivity index (χ0) is 10.3. The highest BCUT2D eigenvalue weighted by Crippen LogP contribution is 1.96. The van der Waals surface area contributed by atoms with Gasteiger partial charge in [0.2, 0.25) is 0 Å². The van der Waals surface area contributed by atoms with E-state index in [4.69, 9.17) is 10.5 Å². The van der Waals surface area contributed by atoms with Crippen molar-refractivity contribution in [3.63, 3.8) is 0 Å². The molecule has 0 heterocycles. The molecule has 4 N–H and O–H groups in total. The topological polar surface area (TPSA) is 84.6 Å². The van der Waals surface area contributed by atoms with Gasteiger partial charge < -0.3 is 20.4 Å². The molecule has 0 spiro atoms. The zero-order valence-electron chi connectivity index (χ0n) is 8.06. The molecular formula is C8H18N2O3. The van der Waals surface area contributed by atoms with Crippen LogP contribution in [0.1, 0.15) is 19.8 Å². The molecule has 0 fully saturated rings. The van der Waals surface area contributed by atoms with Crippen molar-refractivity contribution in [3.8, 4) is 0 Å². The molecule has 5 heteroatoms. The van der Waals surface area contributed by atoms with Crippen LogP contribution in [0.2, 0.25) is 0 Å². The average molecular weight is 190 g/mol. The Labute approximate surface area is 78.3 Å². The summed E-state index contributed by atoms with van der Waals surface area (Å²) in [7, 11) is 1.51. The summed E-state index contributed by atoms with van der Waals surface area (Å²) in [6.45, 7) is 1.77. The van der Waals surface area contributed by atoms with Gasteiger partial charge >= 0.3 is 0 Å². The van der Waals surface area contributed by atoms with Gasteiger partial charge in [-0.2, -0.15) is 0 Å². The highest BCUT2D eigenvalue weighted by molar-refractivity contribution is 5.49. The molecule has 13 heavy (non-hydrogen) atoms. The zero-order valence-corrected chi connectivity index (χ0v) is 8.06. The third-order valence-electron chi connectivity index (χ3n) is 1.65. The largest absolute Gasteiger partial charge is 0.379 e. The number of aliphatic hydroxyl groups excluding tert-OH is 1. The highest BCUT2D eigenvalue weighted by atomic mass is 16.5. The molecule has 0 saturated carbocycles. The van der Waals surface area contributed by atoms with Gasteiger partial charge in [-0.05, 0) is 13.3 Å². The fraction of sp³-hybridized carbons (Fsp3) is 0.875. The van der Waals surface area contributed by atoms with Crippen LogP contribution in [0.25, 0.3) is 0 Å². The van der Waals surface area contributed by atoms with Gasteiger partial charge in [0.1, 0.15) is 18.7 Å². The van der Waals surface area contributed by atoms with Gasteiger partial charge in [-0.25, -0.2) is 0 Å². The smallest absolute Gasteiger partial charge is 0.124 e. The lowest BCUT2D eigenvalue weighted by atomic mass is 10.2. The van der Waals surface area contributed by atoms with E-state index in [1.54, 1.807) is 6.92 Å². The normalized spacial score (nSPS) is 17.8. The van der Waals surface area contributed by atoms with Crippen LogP contribution in [-0.4, -0.2) is 37.0 Å². The van der Waals surface area contributed by atoms with E-state index in [1.807, 2.05) is 0 Å². The number of nitrogens with two attached hydrogens (primary N) is 1. The minimum atomic E-state index is -0.749. The van der Waals surface area contributed by atoms with Gasteiger partial charge in [0.25, 0.3) is 0 Å². The van der Waals surface area contributed by atoms with E-state index in [9.17, 15) is 9.90 Å². The molecule has 78 valence electrons. The van der Waals surface area contributed by atoms with E-state index < -0.39 is 6.23 Å². The average Bonchev–Trinajstić information content (AvgIpc) is 2.10. The fourth-order valence-corrected chi connectivity index (χ4v) is 0.933. The Hall–Kier alpha value is -0.490. The second-order valence-electron chi connectivity index (χ2n) is 2.94. The van der Waals surface area contributed by atoms with Gasteiger partial charge in [-0.1, -0.05) is 0 Å². The fourth-order valence-electron chi connectivity index (χ4n) is 0.933. The van der Waals surface area contributed by atoms with Crippen molar-refractivity contribution in [1.82, 2.24) is 5.32 Å². The first kappa shape index (κ1) is 12.5. The molecule has 0 rings (SSSR count). The predicted octanol–water partition coefficient (Wildman–Crippen LogP) is -0.807. The van der Waals surface area contributed by atoms with Crippen molar-refractivity contribution in [1.29, 1.82) is 0 Å². The number of hydrogen-bond donors (Lipinski definition) is 3. The summed E-state index contributed by atoms with van der Waals surface area (Å²) in [5, 5.41) is 12.1. The Morgan fingerprint density at radius 2 is 2.31 bits per heavy atom. The Morgan fingerprint density at radius 3 is 2.69 bits per heavy atom. The maximum absolute atomic E-state index is 10.0. The van der Waals surface area contributed by atoms with E-state index in [-0.39, 0.29) is 12.3 Å². The maximum Gasteiger partial charge on any atom is 0.124 e. The standard InChI is InChI=1S/C8H18N2O3/c1-6(9)8(13-2)10-7(12)4-3-5-11/h5-8,10,12H,3-4,9H2,1-2H3. The van der Waals surface area contributed by atoms with E-state index >= 15 is 0 Å². The summed E-state index contributed by atoms with van der Waals surface area (Å²) >= 11 is 0. The molecular weight excluding hydrogens is 172 g/mol. The molecule has 0 aliphatic rings. The Morgan fingerprint density at radius 1 is 1.69 bits per heavy atom. The van der Waals surface area contributed by atoms with E-state index in [2.05, 4.69) is 5.32 Å². The number of rotatable bonds is 7. The van der Waals surface area contributed by atoms with Crippen LogP contribution >= 0.6 is 0 Å². The summed E-state index contributed by atoms with van der Waals surface area (Å²) < 4.78 is 4.98. The number of hydrogen-bond acceptors (Lipinski definition) is 5. The third-order valence-corrected chi connectivity index (χ3v) is 1.65. The number of carbonyl (C=O) groups excluding carboxylic acids is 1. The minimum absolute atomic E-state index is 0.212. The lowest BCUT2D eigenvalue weighted by Crippen LogP contribution is -2.49. The van der Waals surface area contributed by atoms with Crippen LogP contribution in [0, 0.1) is 0 Å². The molecule has 0 aromatic rings. The van der Waals surface area contributed by atoms with E-state index in [0.717, 1.165) is 6.29 Å². The van der Waals surface area contributed by atoms with Crippen LogP contribution in [0.3, 0.4) is 0 Å². The van der Waals surface area contributed by atoms with Crippen LogP contribution in [0.5, 0.6) is 0 Å². The van der Waals surface area contributed by atoms with Crippen molar-refractivity contribution in [2.75, 3.05) is 7.11 Å². The second-order valence-corrected chi connectivity index (χ2v) is 2.94. The first-order valence-corrected chi connectivity index (χ1v) is 4.28. The monoisotopic (exact) mass is 190 g/mol. The number of aldehydes is 1. The van der Waals surface area contributed by atoms with Crippen molar-refractivity contribution < 1.29 is 14.6 Å². The molecule has 0 aromatic carbocycles. The van der Waals surface area contributed by atoms with Crippen LogP contribution in [-0.2, 0) is 9.53 Å². The third kappa shape index (κ3) is 5.70. The molecule has 0 aromatic heterocycles. The van der Waals surface area contributed by atoms with Crippen LogP contribution in [0.15, 0.2) is 0 Å². The summed E-state index contributed by atoms with van der Waals surface area (Å²) in [6.07, 6.45) is 0.320. The van der Waals surface area contributed by atoms with Crippen molar-refractivity contribution in [3.05, 3.63) is 0 Å². The number of carbonyl (C=O) groups is 1. The molecule has 3 unspecified atom stereocenters. The quantitative estimate of drug-likeness (QED) is 0.361. The number of ether oxygens (including phenoxy) is 1. The Bertz CT molecular complexity index is 141. The molecule has 0 aliphatic heterocycles. The van der Waals surface area contributed by atoms with Gasteiger partial charge in [-0.3, -0.25) is 5.32 Å². The van der Waals surface area contributed by atoms with Crippen LogP contribution in [0.4, 0.5) is 0 Å². The summed E-state index contributed by atoms with van der Waals surface area (Å²) in [6, 6.07) is -0.212. The molecule has 5 nitrogen and oxygen atoms in total. The van der Waals surface area contributed by atoms with E-state index in [1.165, 1.54) is 7.11 Å². The van der Waals surface area contributed by atoms with Crippen molar-refractivity contribution >= 4 is 6.29 Å². The summed E-state index contributed by atoms with van der Waals surface area (Å²) in [5.74, 6) is 0. The Balaban J connectivity index is 3.72. The molecule has 0 amide bonds. The molecule has 0 bridgehead atoms. The first-order chi connectivity index (χ1) is 6.11. The van der Waals surface area contributed by atoms with Crippen LogP contribution < -0.4 is 11.1 Å². The molecule has 0 aliphatic carbocycles. The Kier molecular flexibility index (Phi) is 6.70. The first-order valence-electron chi connectivity index (χ1n) is 4.28. The lowest BCUT2D eigenvalue weighted by molar-refractivity contribution is -0.108. The number of methoxy groups -OCH3 is 1. The van der Waals surface area contributed by atoms with Gasteiger partial charge in [0.15, 0.2) is 0 Å². The SMILES string of the molecule is COC(NC(O)CCC=O)C(C)N. The van der Waals surface area contributed by atoms with Crippen molar-refractivity contribution in [2.24, 2.45) is 5.73 Å². The highest BCUT2D eigenvalue weighted by Gasteiger charge is 2.15. The second kappa shape index (κ2) is 6.97. The minimum Gasteiger partial charge on any atom is -0.379 e. The number of aliphatic hydroxyl groups is 1. The maximum atomic E-state index is 10.0. The lowest BCUT2D eigenvalue weighted by Gasteiger charge is -2.23. The molecule has 3 atom stereocenters. The summed E-state index contributed by atoms with van der Waals surface area (Å²) in [4.78, 5) is 10.0. The van der Waals surface area contributed by atoms with Gasteiger partial charge in [0, 0.05) is 19.6 Å². The predicted molar refractivity (Wildman–Crippen MR) is 48.9 cm³/mol. The van der Waals surface area contributed by atoms with Gasteiger partial charge in [-0.15, -0.1) is 0 Å².